The van der Waals surface area contributed by atoms with Gasteiger partial charge >= 0.3 is 0 Å². The van der Waals surface area contributed by atoms with Crippen LogP contribution in [-0.2, 0) is 13.0 Å². The van der Waals surface area contributed by atoms with Crippen LogP contribution < -0.4 is 5.32 Å². The second kappa shape index (κ2) is 6.52. The normalized spacial score (nSPS) is 11.1. The Labute approximate surface area is 123 Å². The lowest BCUT2D eigenvalue weighted by Gasteiger charge is -2.03. The summed E-state index contributed by atoms with van der Waals surface area (Å²) in [5.74, 6) is 0. The topological polar surface area (TPSA) is 58.3 Å². The fourth-order valence-electron chi connectivity index (χ4n) is 2.41. The van der Waals surface area contributed by atoms with Gasteiger partial charge < -0.3 is 14.8 Å². The van der Waals surface area contributed by atoms with Crippen molar-refractivity contribution < 1.29 is 9.52 Å². The Bertz CT molecular complexity index is 707. The summed E-state index contributed by atoms with van der Waals surface area (Å²) in [6.07, 6.45) is 6.29. The largest absolute Gasteiger partial charge is 0.464 e. The summed E-state index contributed by atoms with van der Waals surface area (Å²) >= 11 is 0. The molecule has 0 unspecified atom stereocenters. The maximum absolute atomic E-state index is 8.77. The number of fused-ring (bicyclic) bond motifs is 1. The Morgan fingerprint density at radius 2 is 1.95 bits per heavy atom. The minimum absolute atomic E-state index is 0.152. The van der Waals surface area contributed by atoms with Crippen LogP contribution in [0.2, 0.25) is 0 Å². The minimum Gasteiger partial charge on any atom is -0.464 e. The Morgan fingerprint density at radius 1 is 1.10 bits per heavy atom. The predicted molar refractivity (Wildman–Crippen MR) is 82.0 cm³/mol. The van der Waals surface area contributed by atoms with Crippen molar-refractivity contribution in [3.63, 3.8) is 0 Å². The highest BCUT2D eigenvalue weighted by Gasteiger charge is 2.07. The minimum atomic E-state index is 0.152. The smallest absolute Gasteiger partial charge is 0.134 e. The third-order valence-electron chi connectivity index (χ3n) is 3.48. The van der Waals surface area contributed by atoms with Crippen LogP contribution in [0.3, 0.4) is 0 Å². The van der Waals surface area contributed by atoms with Crippen molar-refractivity contribution in [1.29, 1.82) is 0 Å². The van der Waals surface area contributed by atoms with Gasteiger partial charge in [0, 0.05) is 42.9 Å². The van der Waals surface area contributed by atoms with E-state index in [1.807, 2.05) is 30.8 Å². The molecule has 0 spiro atoms. The van der Waals surface area contributed by atoms with E-state index >= 15 is 0 Å². The molecule has 4 nitrogen and oxygen atoms in total. The molecule has 0 aliphatic heterocycles. The third kappa shape index (κ3) is 3.29. The molecule has 0 fully saturated rings. The molecule has 108 valence electrons. The van der Waals surface area contributed by atoms with Crippen molar-refractivity contribution in [1.82, 2.24) is 10.3 Å². The van der Waals surface area contributed by atoms with Crippen molar-refractivity contribution in [2.24, 2.45) is 0 Å². The highest BCUT2D eigenvalue weighted by atomic mass is 16.3. The molecule has 1 aromatic carbocycles. The van der Waals surface area contributed by atoms with Crippen molar-refractivity contribution >= 4 is 11.0 Å². The molecule has 3 aromatic rings. The zero-order valence-corrected chi connectivity index (χ0v) is 11.7. The van der Waals surface area contributed by atoms with Gasteiger partial charge in [0.15, 0.2) is 0 Å². The van der Waals surface area contributed by atoms with Crippen LogP contribution in [0, 0.1) is 0 Å². The lowest BCUT2D eigenvalue weighted by molar-refractivity contribution is 0.292. The van der Waals surface area contributed by atoms with Crippen LogP contribution in [0.5, 0.6) is 0 Å². The van der Waals surface area contributed by atoms with Gasteiger partial charge in [-0.15, -0.1) is 0 Å². The van der Waals surface area contributed by atoms with Crippen molar-refractivity contribution in [2.45, 2.75) is 13.0 Å². The number of hydrogen-bond acceptors (Lipinski definition) is 4. The molecule has 4 heteroatoms. The summed E-state index contributed by atoms with van der Waals surface area (Å²) in [6.45, 7) is 1.49. The molecule has 2 heterocycles. The zero-order chi connectivity index (χ0) is 14.5. The lowest BCUT2D eigenvalue weighted by Crippen LogP contribution is -2.17. The summed E-state index contributed by atoms with van der Waals surface area (Å²) < 4.78 is 5.68. The lowest BCUT2D eigenvalue weighted by atomic mass is 10.0. The number of hydrogen-bond donors (Lipinski definition) is 2. The first kappa shape index (κ1) is 13.8. The Balaban J connectivity index is 1.79. The van der Waals surface area contributed by atoms with E-state index in [9.17, 15) is 0 Å². The first-order valence-electron chi connectivity index (χ1n) is 7.06. The second-order valence-corrected chi connectivity index (χ2v) is 5.02. The monoisotopic (exact) mass is 282 g/mol. The van der Waals surface area contributed by atoms with Gasteiger partial charge in [-0.1, -0.05) is 12.1 Å². The summed E-state index contributed by atoms with van der Waals surface area (Å²) in [5, 5.41) is 13.1. The van der Waals surface area contributed by atoms with Gasteiger partial charge in [0.2, 0.25) is 0 Å². The molecule has 0 saturated heterocycles. The number of nitrogens with one attached hydrogen (secondary N) is 1. The van der Waals surface area contributed by atoms with Gasteiger partial charge in [-0.3, -0.25) is 4.98 Å². The molecule has 0 radical (unpaired) electrons. The molecular weight excluding hydrogens is 264 g/mol. The molecule has 2 N–H and O–H groups in total. The SMILES string of the molecule is OCCNCc1ccc2c(Cc3ccncc3)coc2c1. The zero-order valence-electron chi connectivity index (χ0n) is 11.7. The third-order valence-corrected chi connectivity index (χ3v) is 3.48. The number of benzene rings is 1. The Kier molecular flexibility index (Phi) is 4.28. The van der Waals surface area contributed by atoms with E-state index in [-0.39, 0.29) is 6.61 Å². The summed E-state index contributed by atoms with van der Waals surface area (Å²) in [7, 11) is 0. The Hall–Kier alpha value is -2.17. The maximum Gasteiger partial charge on any atom is 0.134 e. The van der Waals surface area contributed by atoms with E-state index < -0.39 is 0 Å². The van der Waals surface area contributed by atoms with E-state index in [4.69, 9.17) is 9.52 Å². The van der Waals surface area contributed by atoms with E-state index in [2.05, 4.69) is 28.5 Å². The quantitative estimate of drug-likeness (QED) is 0.682. The number of aromatic nitrogens is 1. The van der Waals surface area contributed by atoms with Gasteiger partial charge in [0.05, 0.1) is 12.9 Å². The number of pyridine rings is 1. The fraction of sp³-hybridized carbons (Fsp3) is 0.235. The van der Waals surface area contributed by atoms with Crippen LogP contribution in [-0.4, -0.2) is 23.2 Å². The predicted octanol–water partition coefficient (Wildman–Crippen LogP) is 2.50. The van der Waals surface area contributed by atoms with Crippen LogP contribution >= 0.6 is 0 Å². The number of nitrogens with zero attached hydrogens (tertiary/aromatic N) is 1. The fourth-order valence-corrected chi connectivity index (χ4v) is 2.41. The molecule has 0 aliphatic rings. The van der Waals surface area contributed by atoms with Crippen LogP contribution in [0.15, 0.2) is 53.4 Å². The number of rotatable bonds is 6. The first-order valence-corrected chi connectivity index (χ1v) is 7.06. The van der Waals surface area contributed by atoms with Crippen LogP contribution in [0.25, 0.3) is 11.0 Å². The highest BCUT2D eigenvalue weighted by Crippen LogP contribution is 2.24. The van der Waals surface area contributed by atoms with E-state index in [1.54, 1.807) is 0 Å². The molecule has 0 atom stereocenters. The summed E-state index contributed by atoms with van der Waals surface area (Å²) in [4.78, 5) is 4.04. The second-order valence-electron chi connectivity index (χ2n) is 5.02. The molecule has 2 aromatic heterocycles. The standard InChI is InChI=1S/C17H18N2O2/c20-8-7-19-11-14-1-2-16-15(12-21-17(16)10-14)9-13-3-5-18-6-4-13/h1-6,10,12,19-20H,7-9,11H2. The van der Waals surface area contributed by atoms with Gasteiger partial charge in [0.25, 0.3) is 0 Å². The molecule has 0 amide bonds. The van der Waals surface area contributed by atoms with Gasteiger partial charge in [-0.2, -0.15) is 0 Å². The van der Waals surface area contributed by atoms with E-state index in [0.717, 1.165) is 29.5 Å². The highest BCUT2D eigenvalue weighted by molar-refractivity contribution is 5.82. The Morgan fingerprint density at radius 3 is 2.76 bits per heavy atom. The van der Waals surface area contributed by atoms with Gasteiger partial charge in [0.1, 0.15) is 5.58 Å². The molecule has 0 saturated carbocycles. The summed E-state index contributed by atoms with van der Waals surface area (Å²) in [5.41, 5.74) is 4.47. The molecule has 21 heavy (non-hydrogen) atoms. The molecule has 0 aliphatic carbocycles. The first-order chi connectivity index (χ1) is 10.4. The average molecular weight is 282 g/mol. The van der Waals surface area contributed by atoms with Crippen LogP contribution in [0.1, 0.15) is 16.7 Å². The van der Waals surface area contributed by atoms with Gasteiger partial charge in [-0.05, 0) is 29.3 Å². The molecule has 0 bridgehead atoms. The number of furan rings is 1. The number of aliphatic hydroxyl groups excluding tert-OH is 1. The van der Waals surface area contributed by atoms with Crippen molar-refractivity contribution in [3.8, 4) is 0 Å². The number of aliphatic hydroxyl groups is 1. The van der Waals surface area contributed by atoms with E-state index in [0.29, 0.717) is 6.54 Å². The van der Waals surface area contributed by atoms with E-state index in [1.165, 1.54) is 11.1 Å². The average Bonchev–Trinajstić information content (AvgIpc) is 2.91. The maximum atomic E-state index is 8.77. The van der Waals surface area contributed by atoms with Crippen molar-refractivity contribution in [3.05, 3.63) is 65.7 Å². The molecule has 3 rings (SSSR count). The van der Waals surface area contributed by atoms with Gasteiger partial charge in [-0.25, -0.2) is 0 Å². The van der Waals surface area contributed by atoms with Crippen LogP contribution in [0.4, 0.5) is 0 Å². The van der Waals surface area contributed by atoms with Crippen molar-refractivity contribution in [2.75, 3.05) is 13.2 Å². The summed E-state index contributed by atoms with van der Waals surface area (Å²) in [6, 6.07) is 10.3. The molecular formula is C17H18N2O2.